The molecule has 150 heavy (non-hydrogen) atoms. The summed E-state index contributed by atoms with van der Waals surface area (Å²) in [5, 5.41) is 5.67. The minimum Gasteiger partial charge on any atom is -0.265 e. The number of pyridine rings is 6. The van der Waals surface area contributed by atoms with Crippen molar-refractivity contribution in [1.82, 2.24) is 29.9 Å². The predicted octanol–water partition coefficient (Wildman–Crippen LogP) is 38.2. The molecule has 704 valence electrons. The Bertz CT molecular complexity index is 9160. The summed E-state index contributed by atoms with van der Waals surface area (Å²) in [4.78, 5) is 28.9. The van der Waals surface area contributed by atoms with Crippen LogP contribution in [0.4, 0.5) is 0 Å². The molecule has 0 atom stereocenters. The Kier molecular flexibility index (Phi) is 26.5. The third-order valence-electron chi connectivity index (χ3n) is 28.0. The van der Waals surface area contributed by atoms with Crippen molar-refractivity contribution >= 4 is 32.4 Å². The molecule has 0 N–H and O–H groups in total. The van der Waals surface area contributed by atoms with Gasteiger partial charge in [0.2, 0.25) is 0 Å². The topological polar surface area (TPSA) is 77.3 Å². The molecule has 26 rings (SSSR count). The van der Waals surface area contributed by atoms with Gasteiger partial charge < -0.3 is 0 Å². The Morgan fingerprint density at radius 2 is 0.347 bits per heavy atom. The Morgan fingerprint density at radius 1 is 0.113 bits per heavy atom. The molecule has 6 heteroatoms. The Labute approximate surface area is 874 Å². The monoisotopic (exact) mass is 1910 g/mol. The van der Waals surface area contributed by atoms with E-state index in [2.05, 4.69) is 561 Å². The number of para-hydroxylation sites is 1. The van der Waals surface area contributed by atoms with E-state index in [1.807, 2.05) is 49.3 Å². The molecular weight excluding hydrogens is 1810 g/mol. The second-order valence-corrected chi connectivity index (χ2v) is 37.7. The fourth-order valence-corrected chi connectivity index (χ4v) is 20.4. The van der Waals surface area contributed by atoms with E-state index < -0.39 is 0 Å². The molecule has 20 aromatic carbocycles. The predicted molar refractivity (Wildman–Crippen MR) is 627 cm³/mol. The molecule has 0 bridgehead atoms. The van der Waals surface area contributed by atoms with Gasteiger partial charge >= 0.3 is 0 Å². The zero-order valence-electron chi connectivity index (χ0n) is 82.3. The lowest BCUT2D eigenvalue weighted by Gasteiger charge is -2.15. The van der Waals surface area contributed by atoms with E-state index in [9.17, 15) is 0 Å². The first kappa shape index (κ1) is 92.5. The van der Waals surface area contributed by atoms with Crippen molar-refractivity contribution in [3.63, 3.8) is 0 Å². The van der Waals surface area contributed by atoms with E-state index in [4.69, 9.17) is 15.0 Å². The summed E-state index contributed by atoms with van der Waals surface area (Å²) in [6.07, 6.45) is 11.2. The van der Waals surface area contributed by atoms with Crippen LogP contribution in [0.2, 0.25) is 0 Å². The molecule has 0 aliphatic rings. The van der Waals surface area contributed by atoms with Gasteiger partial charge in [0.05, 0.1) is 34.0 Å². The second-order valence-electron chi connectivity index (χ2n) is 37.7. The van der Waals surface area contributed by atoms with Gasteiger partial charge in [-0.15, -0.1) is 0 Å². The first-order chi connectivity index (χ1) is 74.3. The largest absolute Gasteiger partial charge is 0.265 e. The molecule has 0 aliphatic heterocycles. The molecule has 0 amide bonds. The summed E-state index contributed by atoms with van der Waals surface area (Å²) < 4.78 is 0. The highest BCUT2D eigenvalue weighted by Crippen LogP contribution is 2.45. The van der Waals surface area contributed by atoms with Crippen LogP contribution in [0.1, 0.15) is 0 Å². The maximum Gasteiger partial charge on any atom is 0.0803 e. The van der Waals surface area contributed by atoms with Gasteiger partial charge in [-0.2, -0.15) is 0 Å². The molecule has 0 radical (unpaired) electrons. The van der Waals surface area contributed by atoms with E-state index >= 15 is 0 Å². The van der Waals surface area contributed by atoms with Gasteiger partial charge in [-0.25, -0.2) is 15.0 Å². The van der Waals surface area contributed by atoms with Crippen LogP contribution < -0.4 is 0 Å². The third-order valence-corrected chi connectivity index (χ3v) is 28.0. The molecule has 6 nitrogen and oxygen atoms in total. The molecule has 0 spiro atoms. The van der Waals surface area contributed by atoms with Crippen LogP contribution in [-0.4, -0.2) is 29.9 Å². The highest BCUT2D eigenvalue weighted by atomic mass is 14.7. The van der Waals surface area contributed by atoms with Gasteiger partial charge in [0.1, 0.15) is 0 Å². The van der Waals surface area contributed by atoms with E-state index in [1.165, 1.54) is 106 Å². The van der Waals surface area contributed by atoms with Crippen LogP contribution in [0.25, 0.3) is 256 Å². The molecule has 0 unspecified atom stereocenters. The number of hydrogen-bond donors (Lipinski definition) is 0. The van der Waals surface area contributed by atoms with Gasteiger partial charge in [-0.3, -0.25) is 15.0 Å². The Morgan fingerprint density at radius 3 is 0.707 bits per heavy atom. The summed E-state index contributed by atoms with van der Waals surface area (Å²) in [5.74, 6) is 0. The first-order valence-corrected chi connectivity index (χ1v) is 50.8. The van der Waals surface area contributed by atoms with Crippen molar-refractivity contribution in [2.75, 3.05) is 0 Å². The van der Waals surface area contributed by atoms with Crippen LogP contribution in [0.3, 0.4) is 0 Å². The van der Waals surface area contributed by atoms with Gasteiger partial charge in [0, 0.05) is 86.7 Å². The van der Waals surface area contributed by atoms with Crippen molar-refractivity contribution < 1.29 is 0 Å². The SMILES string of the molecule is c1ccc(-c2cc(-c3ccccc3)cc(-c3cccc(-c4cccc(-c5cc(-c6ccncc6)c6ccccc6n5)c4)c3)c2)cc1.c1ccc(-c2cc(-c3ccccc3)cc(-c3cccc(-c4cccc(-c5cc6ccccc6c(-c6ccccc6-c6ccncc6)n5)c4)c3)c2)cc1.c1ccc(-c2cc(-c3ccccc3)cc(-c3cccc(-c4cccc(-c5cc6ccccc6c(-c6cncc(-c7ccccc7)c6)n5)c4)c3)c2)cc1. The highest BCUT2D eigenvalue weighted by molar-refractivity contribution is 6.03. The van der Waals surface area contributed by atoms with E-state index in [1.54, 1.807) is 0 Å². The Hall–Kier alpha value is -19.9. The van der Waals surface area contributed by atoms with Gasteiger partial charge in [-0.1, -0.05) is 413 Å². The second kappa shape index (κ2) is 42.9. The first-order valence-electron chi connectivity index (χ1n) is 50.8. The van der Waals surface area contributed by atoms with Gasteiger partial charge in [0.25, 0.3) is 0 Å². The Balaban J connectivity index is 0.000000120. The lowest BCUT2D eigenvalue weighted by Crippen LogP contribution is -1.94. The van der Waals surface area contributed by atoms with Crippen molar-refractivity contribution in [2.45, 2.75) is 0 Å². The summed E-state index contributed by atoms with van der Waals surface area (Å²) in [5.41, 5.74) is 46.3. The number of hydrogen-bond acceptors (Lipinski definition) is 6. The molecule has 0 saturated heterocycles. The standard InChI is InChI=1S/2C50H34N2.C44H30N2/c1-4-14-35(15-5-1)43-28-44(36-16-6-2-7-17-36)30-45(29-43)40-23-12-21-38(26-40)39-22-13-24-42(27-39)49-32-41-20-10-11-25-48(41)50(52-49)47-31-46(33-51-34-47)37-18-8-3-9-19-37;1-3-13-35(14-4-1)43-31-44(36-15-5-2-6-16-36)33-45(32-43)40-20-11-18-38(29-40)39-19-12-21-42(30-39)49-34-41-17-7-8-23-47(41)50(52-49)48-24-10-9-22-46(48)37-25-27-51-28-26-37;1-3-11-31(12-4-1)38-27-39(32-13-5-2-6-14-32)29-40(28-38)36-17-9-15-34(25-36)35-16-10-18-37(26-35)44-30-42(33-21-23-45-24-22-33)41-19-7-8-20-43(41)46-44/h2*1-34H;1-30H. The van der Waals surface area contributed by atoms with Crippen LogP contribution in [-0.2, 0) is 0 Å². The summed E-state index contributed by atoms with van der Waals surface area (Å²) >= 11 is 0. The summed E-state index contributed by atoms with van der Waals surface area (Å²) in [6.45, 7) is 0. The minimum atomic E-state index is 0.929. The van der Waals surface area contributed by atoms with Crippen LogP contribution in [0.5, 0.6) is 0 Å². The normalized spacial score (nSPS) is 11.1. The zero-order chi connectivity index (χ0) is 100. The van der Waals surface area contributed by atoms with Gasteiger partial charge in [0.15, 0.2) is 0 Å². The quantitative estimate of drug-likeness (QED) is 0.0757. The van der Waals surface area contributed by atoms with E-state index in [-0.39, 0.29) is 0 Å². The molecule has 6 aromatic heterocycles. The molecule has 0 saturated carbocycles. The average Bonchev–Trinajstić information content (AvgIpc) is 0.757. The van der Waals surface area contributed by atoms with Crippen LogP contribution in [0.15, 0.2) is 595 Å². The maximum atomic E-state index is 5.39. The third kappa shape index (κ3) is 20.4. The number of benzene rings is 20. The fourth-order valence-electron chi connectivity index (χ4n) is 20.4. The zero-order valence-corrected chi connectivity index (χ0v) is 82.3. The molecule has 26 aromatic rings. The van der Waals surface area contributed by atoms with Gasteiger partial charge in [-0.05, 0) is 318 Å². The summed E-state index contributed by atoms with van der Waals surface area (Å²) in [6, 6.07) is 199. The number of nitrogens with zero attached hydrogens (tertiary/aromatic N) is 6. The van der Waals surface area contributed by atoms with Crippen LogP contribution >= 0.6 is 0 Å². The van der Waals surface area contributed by atoms with E-state index in [0.717, 1.165) is 150 Å². The molecule has 0 aliphatic carbocycles. The number of aromatic nitrogens is 6. The molecule has 0 fully saturated rings. The van der Waals surface area contributed by atoms with Crippen molar-refractivity contribution in [1.29, 1.82) is 0 Å². The number of fused-ring (bicyclic) bond motifs is 3. The molecule has 6 heterocycles. The lowest BCUT2D eigenvalue weighted by molar-refractivity contribution is 1.29. The number of rotatable bonds is 20. The summed E-state index contributed by atoms with van der Waals surface area (Å²) in [7, 11) is 0. The maximum absolute atomic E-state index is 5.39. The smallest absolute Gasteiger partial charge is 0.0803 e. The van der Waals surface area contributed by atoms with Crippen LogP contribution in [0, 0.1) is 0 Å². The molecular formula is C144H98N6. The highest BCUT2D eigenvalue weighted by Gasteiger charge is 2.21. The van der Waals surface area contributed by atoms with Crippen molar-refractivity contribution in [3.8, 4) is 223 Å². The van der Waals surface area contributed by atoms with Crippen molar-refractivity contribution in [2.24, 2.45) is 0 Å². The van der Waals surface area contributed by atoms with E-state index in [0.29, 0.717) is 0 Å². The lowest BCUT2D eigenvalue weighted by atomic mass is 9.92. The fraction of sp³-hybridized carbons (Fsp3) is 0. The average molecular weight is 1910 g/mol. The van der Waals surface area contributed by atoms with Crippen molar-refractivity contribution in [3.05, 3.63) is 595 Å². The minimum absolute atomic E-state index is 0.929.